The van der Waals surface area contributed by atoms with Gasteiger partial charge < -0.3 is 60.8 Å². The summed E-state index contributed by atoms with van der Waals surface area (Å²) in [7, 11) is 0. The zero-order chi connectivity index (χ0) is 49.5. The molecule has 0 aromatic heterocycles. The van der Waals surface area contributed by atoms with Gasteiger partial charge in [0.1, 0.15) is 69.0 Å². The molecule has 0 fully saturated rings. The first-order valence-electron chi connectivity index (χ1n) is 22.7. The summed E-state index contributed by atoms with van der Waals surface area (Å²) < 4.78 is 47.7. The Kier molecular flexibility index (Phi) is 14.8. The van der Waals surface area contributed by atoms with Crippen LogP contribution in [0.15, 0.2) is 243 Å². The summed E-state index contributed by atoms with van der Waals surface area (Å²) >= 11 is 0. The summed E-state index contributed by atoms with van der Waals surface area (Å²) in [4.78, 5) is 0. The molecule has 0 amide bonds. The summed E-state index contributed by atoms with van der Waals surface area (Å²) in [6, 6.07) is 73.5. The Balaban J connectivity index is 0.000000178. The Morgan fingerprint density at radius 3 is 0.653 bits per heavy atom. The Bertz CT molecular complexity index is 3130. The molecule has 0 radical (unpaired) electrons. The molecule has 0 spiro atoms. The van der Waals surface area contributed by atoms with Gasteiger partial charge in [0, 0.05) is 23.5 Å². The van der Waals surface area contributed by atoms with Crippen LogP contribution in [0.4, 0.5) is 22.7 Å². The standard InChI is InChI=1S/2C30H24N2O4/c31-25-7-1-3-9-27(25)33-21-13-17-23(18-14-21)35-29-11-5-6-12-30(29)36-24-19-15-22(16-20-24)34-28-10-4-2-8-26(28)32;31-21-5-3-7-27(19-21)33-23-11-15-25(16-12-23)35-29-9-1-2-10-30(29)36-26-17-13-24(14-18-26)34-28-8-4-6-22(32)20-28/h2*1-20H,31-32H2. The van der Waals surface area contributed by atoms with Gasteiger partial charge in [0.2, 0.25) is 0 Å². The zero-order valence-corrected chi connectivity index (χ0v) is 38.7. The van der Waals surface area contributed by atoms with Crippen molar-refractivity contribution in [3.63, 3.8) is 0 Å². The lowest BCUT2D eigenvalue weighted by atomic mass is 10.2. The molecule has 10 aromatic rings. The van der Waals surface area contributed by atoms with Gasteiger partial charge in [-0.15, -0.1) is 0 Å². The van der Waals surface area contributed by atoms with Gasteiger partial charge in [-0.2, -0.15) is 0 Å². The van der Waals surface area contributed by atoms with Gasteiger partial charge in [0.15, 0.2) is 23.0 Å². The molecule has 356 valence electrons. The lowest BCUT2D eigenvalue weighted by molar-refractivity contribution is 0.417. The fraction of sp³-hybridized carbons (Fsp3) is 0. The molecule has 0 aliphatic rings. The van der Waals surface area contributed by atoms with E-state index in [0.717, 1.165) is 0 Å². The quantitative estimate of drug-likeness (QED) is 0.0675. The van der Waals surface area contributed by atoms with E-state index in [4.69, 9.17) is 60.8 Å². The highest BCUT2D eigenvalue weighted by molar-refractivity contribution is 5.56. The van der Waals surface area contributed by atoms with Gasteiger partial charge in [-0.05, 0) is 170 Å². The summed E-state index contributed by atoms with van der Waals surface area (Å²) in [5, 5.41) is 0. The molecule has 72 heavy (non-hydrogen) atoms. The van der Waals surface area contributed by atoms with Crippen LogP contribution < -0.4 is 60.8 Å². The average molecular weight is 953 g/mol. The van der Waals surface area contributed by atoms with Crippen molar-refractivity contribution < 1.29 is 37.9 Å². The molecule has 0 aliphatic carbocycles. The third-order valence-corrected chi connectivity index (χ3v) is 10.4. The highest BCUT2D eigenvalue weighted by Gasteiger charge is 2.11. The molecule has 0 aliphatic heterocycles. The van der Waals surface area contributed by atoms with Crippen LogP contribution in [0.1, 0.15) is 0 Å². The van der Waals surface area contributed by atoms with Gasteiger partial charge in [-0.25, -0.2) is 0 Å². The fourth-order valence-corrected chi connectivity index (χ4v) is 6.88. The fourth-order valence-electron chi connectivity index (χ4n) is 6.88. The number of hydrogen-bond donors (Lipinski definition) is 4. The lowest BCUT2D eigenvalue weighted by Gasteiger charge is -2.13. The minimum Gasteiger partial charge on any atom is -0.457 e. The van der Waals surface area contributed by atoms with Crippen molar-refractivity contribution in [2.24, 2.45) is 0 Å². The Morgan fingerprint density at radius 1 is 0.181 bits per heavy atom. The van der Waals surface area contributed by atoms with Gasteiger partial charge >= 0.3 is 0 Å². The second kappa shape index (κ2) is 22.7. The number of nitrogens with two attached hydrogens (primary N) is 4. The lowest BCUT2D eigenvalue weighted by Crippen LogP contribution is -1.93. The maximum absolute atomic E-state index is 6.08. The number of ether oxygens (including phenoxy) is 8. The molecule has 10 rings (SSSR count). The number of anilines is 4. The number of nitrogen functional groups attached to an aromatic ring is 4. The first kappa shape index (κ1) is 46.9. The van der Waals surface area contributed by atoms with Crippen molar-refractivity contribution in [1.82, 2.24) is 0 Å². The molecular weight excluding hydrogens is 905 g/mol. The van der Waals surface area contributed by atoms with Crippen LogP contribution in [-0.2, 0) is 0 Å². The van der Waals surface area contributed by atoms with Crippen LogP contribution in [0.2, 0.25) is 0 Å². The second-order valence-electron chi connectivity index (χ2n) is 15.8. The van der Waals surface area contributed by atoms with Crippen molar-refractivity contribution >= 4 is 22.7 Å². The summed E-state index contributed by atoms with van der Waals surface area (Å²) in [5.41, 5.74) is 26.0. The Labute approximate surface area is 416 Å². The third kappa shape index (κ3) is 13.1. The topological polar surface area (TPSA) is 178 Å². The van der Waals surface area contributed by atoms with Crippen molar-refractivity contribution in [3.8, 4) is 92.0 Å². The maximum Gasteiger partial charge on any atom is 0.169 e. The maximum atomic E-state index is 6.08. The number of benzene rings is 10. The van der Waals surface area contributed by atoms with Crippen LogP contribution in [0.5, 0.6) is 92.0 Å². The minimum absolute atomic E-state index is 0.577. The van der Waals surface area contributed by atoms with E-state index in [1.54, 1.807) is 24.3 Å². The van der Waals surface area contributed by atoms with Crippen LogP contribution in [0.25, 0.3) is 0 Å². The van der Waals surface area contributed by atoms with Crippen molar-refractivity contribution in [1.29, 1.82) is 0 Å². The van der Waals surface area contributed by atoms with Crippen molar-refractivity contribution in [2.45, 2.75) is 0 Å². The third-order valence-electron chi connectivity index (χ3n) is 10.4. The van der Waals surface area contributed by atoms with Crippen molar-refractivity contribution in [3.05, 3.63) is 243 Å². The molecule has 0 heterocycles. The van der Waals surface area contributed by atoms with Gasteiger partial charge in [0.05, 0.1) is 11.4 Å². The molecule has 0 bridgehead atoms. The normalized spacial score (nSPS) is 10.4. The minimum atomic E-state index is 0.577. The van der Waals surface area contributed by atoms with E-state index >= 15 is 0 Å². The predicted octanol–water partition coefficient (Wildman–Crippen LogP) is 16.0. The molecule has 8 N–H and O–H groups in total. The van der Waals surface area contributed by atoms with Crippen LogP contribution in [0.3, 0.4) is 0 Å². The predicted molar refractivity (Wildman–Crippen MR) is 283 cm³/mol. The Hall–Kier alpha value is -10.2. The summed E-state index contributed by atoms with van der Waals surface area (Å²) in [6.45, 7) is 0. The molecule has 10 aromatic carbocycles. The highest BCUT2D eigenvalue weighted by atomic mass is 16.5. The molecule has 12 heteroatoms. The van der Waals surface area contributed by atoms with E-state index in [2.05, 4.69) is 0 Å². The number of rotatable bonds is 16. The molecule has 0 atom stereocenters. The van der Waals surface area contributed by atoms with E-state index in [9.17, 15) is 0 Å². The molecule has 12 nitrogen and oxygen atoms in total. The van der Waals surface area contributed by atoms with E-state index in [1.807, 2.05) is 218 Å². The van der Waals surface area contributed by atoms with Crippen LogP contribution >= 0.6 is 0 Å². The van der Waals surface area contributed by atoms with E-state index in [-0.39, 0.29) is 0 Å². The molecular formula is C60H48N4O8. The van der Waals surface area contributed by atoms with Crippen molar-refractivity contribution in [2.75, 3.05) is 22.9 Å². The van der Waals surface area contributed by atoms with Gasteiger partial charge in [-0.1, -0.05) is 60.7 Å². The average Bonchev–Trinajstić information content (AvgIpc) is 3.39. The monoisotopic (exact) mass is 952 g/mol. The molecule has 0 saturated heterocycles. The first-order chi connectivity index (χ1) is 35.2. The highest BCUT2D eigenvalue weighted by Crippen LogP contribution is 2.39. The first-order valence-corrected chi connectivity index (χ1v) is 22.7. The molecule has 0 saturated carbocycles. The smallest absolute Gasteiger partial charge is 0.169 e. The van der Waals surface area contributed by atoms with E-state index in [1.165, 1.54) is 0 Å². The zero-order valence-electron chi connectivity index (χ0n) is 38.7. The largest absolute Gasteiger partial charge is 0.457 e. The number of para-hydroxylation sites is 8. The van der Waals surface area contributed by atoms with Gasteiger partial charge in [0.25, 0.3) is 0 Å². The SMILES string of the molecule is Nc1cccc(Oc2ccc(Oc3ccccc3Oc3ccc(Oc4cccc(N)c4)cc3)cc2)c1.Nc1ccccc1Oc1ccc(Oc2ccccc2Oc2ccc(Oc3ccccc3N)cc2)cc1. The Morgan fingerprint density at radius 2 is 0.403 bits per heavy atom. The summed E-state index contributed by atoms with van der Waals surface area (Å²) in [6.07, 6.45) is 0. The van der Waals surface area contributed by atoms with Crippen LogP contribution in [0, 0.1) is 0 Å². The van der Waals surface area contributed by atoms with Gasteiger partial charge in [-0.3, -0.25) is 0 Å². The van der Waals surface area contributed by atoms with E-state index in [0.29, 0.717) is 115 Å². The summed E-state index contributed by atoms with van der Waals surface area (Å²) in [5.74, 6) is 10.1. The second-order valence-corrected chi connectivity index (χ2v) is 15.8. The molecule has 0 unspecified atom stereocenters. The number of hydrogen-bond acceptors (Lipinski definition) is 12. The van der Waals surface area contributed by atoms with Crippen LogP contribution in [-0.4, -0.2) is 0 Å². The van der Waals surface area contributed by atoms with E-state index < -0.39 is 0 Å².